The molecule has 0 aromatic carbocycles. The molecule has 0 radical (unpaired) electrons. The Bertz CT molecular complexity index is 143. The van der Waals surface area contributed by atoms with E-state index in [9.17, 15) is 4.21 Å². The minimum absolute atomic E-state index is 0.472. The highest BCUT2D eigenvalue weighted by atomic mass is 32.2. The Labute approximate surface area is 50.4 Å². The van der Waals surface area contributed by atoms with Gasteiger partial charge in [-0.2, -0.15) is 0 Å². The lowest BCUT2D eigenvalue weighted by Crippen LogP contribution is -2.27. The summed E-state index contributed by atoms with van der Waals surface area (Å²) in [7, 11) is -0.726. The van der Waals surface area contributed by atoms with Gasteiger partial charge in [0, 0.05) is 16.6 Å². The summed E-state index contributed by atoms with van der Waals surface area (Å²) >= 11 is 0. The van der Waals surface area contributed by atoms with Crippen LogP contribution in [0.2, 0.25) is 0 Å². The number of nitrogens with two attached hydrogens (primary N) is 1. The lowest BCUT2D eigenvalue weighted by Gasteiger charge is -2.05. The Morgan fingerprint density at radius 2 is 2.50 bits per heavy atom. The second-order valence-electron chi connectivity index (χ2n) is 1.66. The van der Waals surface area contributed by atoms with Crippen LogP contribution in [-0.2, 0) is 10.8 Å². The zero-order valence-electron chi connectivity index (χ0n) is 4.46. The monoisotopic (exact) mass is 132 g/mol. The van der Waals surface area contributed by atoms with Gasteiger partial charge in [0.1, 0.15) is 5.84 Å². The van der Waals surface area contributed by atoms with Gasteiger partial charge in [0.15, 0.2) is 0 Å². The van der Waals surface area contributed by atoms with Gasteiger partial charge in [-0.1, -0.05) is 0 Å². The molecular weight excluding hydrogens is 124 g/mol. The van der Waals surface area contributed by atoms with E-state index in [0.717, 1.165) is 0 Å². The van der Waals surface area contributed by atoms with Crippen LogP contribution in [0.25, 0.3) is 0 Å². The maximum Gasteiger partial charge on any atom is 0.106 e. The van der Waals surface area contributed by atoms with Crippen molar-refractivity contribution in [2.24, 2.45) is 10.7 Å². The molecule has 0 amide bonds. The van der Waals surface area contributed by atoms with E-state index < -0.39 is 10.8 Å². The highest BCUT2D eigenvalue weighted by Crippen LogP contribution is 1.90. The zero-order valence-corrected chi connectivity index (χ0v) is 5.28. The third-order valence-corrected chi connectivity index (χ3v) is 2.20. The van der Waals surface area contributed by atoms with Crippen molar-refractivity contribution in [1.82, 2.24) is 0 Å². The second kappa shape index (κ2) is 2.26. The molecule has 1 atom stereocenters. The fourth-order valence-corrected chi connectivity index (χ4v) is 1.43. The van der Waals surface area contributed by atoms with Gasteiger partial charge in [0.05, 0.1) is 12.3 Å². The van der Waals surface area contributed by atoms with Gasteiger partial charge in [-0.3, -0.25) is 9.20 Å². The molecule has 0 fully saturated rings. The molecule has 1 aliphatic heterocycles. The molecule has 2 N–H and O–H groups in total. The maximum absolute atomic E-state index is 10.6. The smallest absolute Gasteiger partial charge is 0.106 e. The Balaban J connectivity index is 2.57. The summed E-state index contributed by atoms with van der Waals surface area (Å²) in [6.07, 6.45) is 0. The van der Waals surface area contributed by atoms with Crippen LogP contribution < -0.4 is 5.73 Å². The quantitative estimate of drug-likeness (QED) is 0.464. The molecular formula is C4H8N2OS. The van der Waals surface area contributed by atoms with Gasteiger partial charge < -0.3 is 5.73 Å². The van der Waals surface area contributed by atoms with Crippen molar-refractivity contribution < 1.29 is 4.21 Å². The summed E-state index contributed by atoms with van der Waals surface area (Å²) in [6.45, 7) is 0.637. The largest absolute Gasteiger partial charge is 0.387 e. The van der Waals surface area contributed by atoms with E-state index in [4.69, 9.17) is 5.73 Å². The zero-order chi connectivity index (χ0) is 5.98. The summed E-state index contributed by atoms with van der Waals surface area (Å²) in [5.74, 6) is 1.69. The van der Waals surface area contributed by atoms with Gasteiger partial charge in [-0.05, 0) is 0 Å². The molecule has 3 nitrogen and oxygen atoms in total. The Morgan fingerprint density at radius 1 is 1.75 bits per heavy atom. The predicted octanol–water partition coefficient (Wildman–Crippen LogP) is -0.894. The van der Waals surface area contributed by atoms with E-state index in [2.05, 4.69) is 4.99 Å². The first kappa shape index (κ1) is 5.75. The van der Waals surface area contributed by atoms with Gasteiger partial charge in [-0.15, -0.1) is 0 Å². The predicted molar refractivity (Wildman–Crippen MR) is 34.4 cm³/mol. The fraction of sp³-hybridized carbons (Fsp3) is 0.750. The van der Waals surface area contributed by atoms with Crippen LogP contribution in [-0.4, -0.2) is 28.1 Å². The van der Waals surface area contributed by atoms with E-state index in [1.807, 2.05) is 0 Å². The third-order valence-electron chi connectivity index (χ3n) is 0.943. The lowest BCUT2D eigenvalue weighted by atomic mass is 10.6. The molecule has 8 heavy (non-hydrogen) atoms. The summed E-state index contributed by atoms with van der Waals surface area (Å²) in [5.41, 5.74) is 5.28. The van der Waals surface area contributed by atoms with Crippen molar-refractivity contribution in [1.29, 1.82) is 0 Å². The molecule has 1 rings (SSSR count). The summed E-state index contributed by atoms with van der Waals surface area (Å²) < 4.78 is 10.6. The summed E-state index contributed by atoms with van der Waals surface area (Å²) in [5, 5.41) is 0. The number of nitrogens with zero attached hydrogens (tertiary/aromatic N) is 1. The van der Waals surface area contributed by atoms with Crippen molar-refractivity contribution in [3.05, 3.63) is 0 Å². The number of hydrogen-bond donors (Lipinski definition) is 1. The third kappa shape index (κ3) is 1.30. The maximum atomic E-state index is 10.6. The fourth-order valence-electron chi connectivity index (χ4n) is 0.574. The van der Waals surface area contributed by atoms with E-state index >= 15 is 0 Å². The number of aliphatic imine (C=N–C) groups is 1. The first-order chi connectivity index (χ1) is 3.79. The van der Waals surface area contributed by atoms with Crippen LogP contribution >= 0.6 is 0 Å². The second-order valence-corrected chi connectivity index (χ2v) is 3.24. The van der Waals surface area contributed by atoms with Crippen LogP contribution in [0.1, 0.15) is 0 Å². The summed E-state index contributed by atoms with van der Waals surface area (Å²) in [4.78, 5) is 3.88. The molecule has 1 aliphatic rings. The van der Waals surface area contributed by atoms with Crippen molar-refractivity contribution in [3.63, 3.8) is 0 Å². The molecule has 0 aromatic rings. The Hall–Kier alpha value is -0.380. The molecule has 1 heterocycles. The highest BCUT2D eigenvalue weighted by molar-refractivity contribution is 7.85. The molecule has 0 bridgehead atoms. The lowest BCUT2D eigenvalue weighted by molar-refractivity contribution is 0.684. The van der Waals surface area contributed by atoms with E-state index in [1.165, 1.54) is 0 Å². The SMILES string of the molecule is NC1=NCCS(=O)C1. The number of amidine groups is 1. The van der Waals surface area contributed by atoms with Gasteiger partial charge in [0.25, 0.3) is 0 Å². The van der Waals surface area contributed by atoms with Crippen LogP contribution in [0.5, 0.6) is 0 Å². The topological polar surface area (TPSA) is 55.4 Å². The van der Waals surface area contributed by atoms with Crippen molar-refractivity contribution in [2.75, 3.05) is 18.1 Å². The van der Waals surface area contributed by atoms with E-state index in [-0.39, 0.29) is 0 Å². The average Bonchev–Trinajstić information content (AvgIpc) is 1.64. The normalized spacial score (nSPS) is 29.5. The minimum Gasteiger partial charge on any atom is -0.387 e. The Morgan fingerprint density at radius 3 is 2.88 bits per heavy atom. The van der Waals surface area contributed by atoms with Crippen molar-refractivity contribution in [3.8, 4) is 0 Å². The molecule has 46 valence electrons. The molecule has 0 aromatic heterocycles. The van der Waals surface area contributed by atoms with E-state index in [1.54, 1.807) is 0 Å². The van der Waals surface area contributed by atoms with Crippen LogP contribution in [0.3, 0.4) is 0 Å². The molecule has 0 aliphatic carbocycles. The van der Waals surface area contributed by atoms with Crippen LogP contribution in [0, 0.1) is 0 Å². The molecule has 1 unspecified atom stereocenters. The van der Waals surface area contributed by atoms with Gasteiger partial charge in [0.2, 0.25) is 0 Å². The Kier molecular flexibility index (Phi) is 1.62. The van der Waals surface area contributed by atoms with Gasteiger partial charge >= 0.3 is 0 Å². The molecule has 0 saturated carbocycles. The number of hydrogen-bond acceptors (Lipinski definition) is 3. The minimum atomic E-state index is -0.726. The number of rotatable bonds is 0. The average molecular weight is 132 g/mol. The van der Waals surface area contributed by atoms with E-state index in [0.29, 0.717) is 23.9 Å². The summed E-state index contributed by atoms with van der Waals surface area (Å²) in [6, 6.07) is 0. The standard InChI is InChI=1S/C4H8N2OS/c5-4-3-8(7)2-1-6-4/h1-3H2,(H2,5,6). The molecule has 0 spiro atoms. The van der Waals surface area contributed by atoms with Gasteiger partial charge in [-0.25, -0.2) is 0 Å². The molecule has 0 saturated heterocycles. The first-order valence-electron chi connectivity index (χ1n) is 2.43. The van der Waals surface area contributed by atoms with Crippen molar-refractivity contribution in [2.45, 2.75) is 0 Å². The van der Waals surface area contributed by atoms with Crippen molar-refractivity contribution >= 4 is 16.6 Å². The first-order valence-corrected chi connectivity index (χ1v) is 3.91. The van der Waals surface area contributed by atoms with Crippen LogP contribution in [0.4, 0.5) is 0 Å². The highest BCUT2D eigenvalue weighted by Gasteiger charge is 2.06. The van der Waals surface area contributed by atoms with Crippen LogP contribution in [0.15, 0.2) is 4.99 Å². The molecule has 4 heteroatoms.